The molecule has 0 amide bonds. The number of esters is 1. The van der Waals surface area contributed by atoms with Gasteiger partial charge in [0.15, 0.2) is 0 Å². The van der Waals surface area contributed by atoms with Crippen molar-refractivity contribution in [2.24, 2.45) is 0 Å². The van der Waals surface area contributed by atoms with Gasteiger partial charge >= 0.3 is 5.97 Å². The summed E-state index contributed by atoms with van der Waals surface area (Å²) in [7, 11) is 0. The van der Waals surface area contributed by atoms with Crippen molar-refractivity contribution in [1.82, 2.24) is 5.32 Å². The second-order valence-corrected chi connectivity index (χ2v) is 5.67. The molecule has 0 aliphatic carbocycles. The predicted octanol–water partition coefficient (Wildman–Crippen LogP) is 2.87. The van der Waals surface area contributed by atoms with Crippen LogP contribution in [0.5, 0.6) is 0 Å². The van der Waals surface area contributed by atoms with Crippen molar-refractivity contribution in [1.29, 1.82) is 0 Å². The molecule has 1 aromatic carbocycles. The van der Waals surface area contributed by atoms with E-state index in [-0.39, 0.29) is 18.3 Å². The van der Waals surface area contributed by atoms with Crippen LogP contribution in [0.4, 0.5) is 4.39 Å². The highest BCUT2D eigenvalue weighted by atomic mass is 19.1. The summed E-state index contributed by atoms with van der Waals surface area (Å²) in [5, 5.41) is 2.90. The molecule has 0 aromatic heterocycles. The summed E-state index contributed by atoms with van der Waals surface area (Å²) >= 11 is 0. The normalized spacial score (nSPS) is 11.5. The van der Waals surface area contributed by atoms with Crippen LogP contribution in [0.2, 0.25) is 0 Å². The Morgan fingerprint density at radius 1 is 1.32 bits per heavy atom. The number of rotatable bonds is 4. The van der Waals surface area contributed by atoms with Gasteiger partial charge in [-0.15, -0.1) is 0 Å². The maximum Gasteiger partial charge on any atom is 0.320 e. The number of carbonyl (C=O) groups is 1. The van der Waals surface area contributed by atoms with E-state index >= 15 is 0 Å². The fraction of sp³-hybridized carbons (Fsp3) is 0.533. The molecule has 0 unspecified atom stereocenters. The molecule has 0 aliphatic heterocycles. The van der Waals surface area contributed by atoms with E-state index in [2.05, 4.69) is 5.32 Å². The molecule has 0 saturated carbocycles. The molecule has 0 aliphatic rings. The van der Waals surface area contributed by atoms with Gasteiger partial charge < -0.3 is 10.1 Å². The average Bonchev–Trinajstić information content (AvgIpc) is 2.27. The zero-order chi connectivity index (χ0) is 14.6. The largest absolute Gasteiger partial charge is 0.459 e. The minimum atomic E-state index is -0.496. The zero-order valence-electron chi connectivity index (χ0n) is 12.3. The fourth-order valence-corrected chi connectivity index (χ4v) is 1.65. The standard InChI is InChI=1S/C15H22FNO2/c1-10-6-7-12(14(16)11(10)2)8-17-9-13(18)19-15(3,4)5/h6-7,17H,8-9H2,1-5H3. The maximum atomic E-state index is 13.9. The summed E-state index contributed by atoms with van der Waals surface area (Å²) in [5.74, 6) is -0.548. The van der Waals surface area contributed by atoms with E-state index in [4.69, 9.17) is 4.74 Å². The number of nitrogens with one attached hydrogen (secondary N) is 1. The van der Waals surface area contributed by atoms with Gasteiger partial charge in [-0.05, 0) is 45.7 Å². The van der Waals surface area contributed by atoms with Crippen molar-refractivity contribution >= 4 is 5.97 Å². The summed E-state index contributed by atoms with van der Waals surface area (Å²) in [4.78, 5) is 11.5. The lowest BCUT2D eigenvalue weighted by atomic mass is 10.1. The molecule has 0 atom stereocenters. The van der Waals surface area contributed by atoms with Crippen molar-refractivity contribution in [2.45, 2.75) is 46.8 Å². The minimum Gasteiger partial charge on any atom is -0.459 e. The van der Waals surface area contributed by atoms with Crippen LogP contribution in [-0.2, 0) is 16.1 Å². The van der Waals surface area contributed by atoms with Crippen LogP contribution in [0.15, 0.2) is 12.1 Å². The number of hydrogen-bond donors (Lipinski definition) is 1. The molecule has 1 N–H and O–H groups in total. The first-order valence-corrected chi connectivity index (χ1v) is 6.38. The second kappa shape index (κ2) is 6.15. The second-order valence-electron chi connectivity index (χ2n) is 5.67. The Bertz CT molecular complexity index is 464. The first kappa shape index (κ1) is 15.6. The van der Waals surface area contributed by atoms with Crippen molar-refractivity contribution < 1.29 is 13.9 Å². The van der Waals surface area contributed by atoms with Crippen LogP contribution in [0.25, 0.3) is 0 Å². The molecule has 19 heavy (non-hydrogen) atoms. The molecule has 106 valence electrons. The van der Waals surface area contributed by atoms with E-state index in [1.54, 1.807) is 13.0 Å². The summed E-state index contributed by atoms with van der Waals surface area (Å²) in [5.41, 5.74) is 1.64. The fourth-order valence-electron chi connectivity index (χ4n) is 1.65. The number of aryl methyl sites for hydroxylation is 1. The Kier molecular flexibility index (Phi) is 5.06. The Morgan fingerprint density at radius 2 is 1.95 bits per heavy atom. The number of halogens is 1. The molecule has 0 heterocycles. The molecule has 0 bridgehead atoms. The average molecular weight is 267 g/mol. The van der Waals surface area contributed by atoms with Gasteiger partial charge in [0.25, 0.3) is 0 Å². The van der Waals surface area contributed by atoms with Gasteiger partial charge in [0, 0.05) is 12.1 Å². The van der Waals surface area contributed by atoms with Crippen LogP contribution in [0.3, 0.4) is 0 Å². The topological polar surface area (TPSA) is 38.3 Å². The van der Waals surface area contributed by atoms with Gasteiger partial charge in [-0.3, -0.25) is 4.79 Å². The Morgan fingerprint density at radius 3 is 2.53 bits per heavy atom. The molecule has 3 nitrogen and oxygen atoms in total. The number of ether oxygens (including phenoxy) is 1. The summed E-state index contributed by atoms with van der Waals surface area (Å²) in [6.45, 7) is 9.45. The lowest BCUT2D eigenvalue weighted by Gasteiger charge is -2.19. The molecule has 0 fully saturated rings. The smallest absolute Gasteiger partial charge is 0.320 e. The lowest BCUT2D eigenvalue weighted by molar-refractivity contribution is -0.153. The van der Waals surface area contributed by atoms with Crippen LogP contribution < -0.4 is 5.32 Å². The molecular formula is C15H22FNO2. The maximum absolute atomic E-state index is 13.9. The molecule has 0 saturated heterocycles. The van der Waals surface area contributed by atoms with E-state index in [0.717, 1.165) is 5.56 Å². The van der Waals surface area contributed by atoms with Crippen LogP contribution in [0, 0.1) is 19.7 Å². The van der Waals surface area contributed by atoms with Crippen molar-refractivity contribution in [3.05, 3.63) is 34.6 Å². The third kappa shape index (κ3) is 4.99. The van der Waals surface area contributed by atoms with Gasteiger partial charge in [-0.2, -0.15) is 0 Å². The number of hydrogen-bond acceptors (Lipinski definition) is 3. The van der Waals surface area contributed by atoms with Crippen LogP contribution in [-0.4, -0.2) is 18.1 Å². The van der Waals surface area contributed by atoms with E-state index < -0.39 is 5.60 Å². The van der Waals surface area contributed by atoms with Crippen LogP contribution in [0.1, 0.15) is 37.5 Å². The highest BCUT2D eigenvalue weighted by Gasteiger charge is 2.16. The van der Waals surface area contributed by atoms with Gasteiger partial charge in [-0.1, -0.05) is 12.1 Å². The third-order valence-electron chi connectivity index (χ3n) is 2.74. The predicted molar refractivity (Wildman–Crippen MR) is 73.4 cm³/mol. The molecule has 1 aromatic rings. The van der Waals surface area contributed by atoms with Gasteiger partial charge in [0.05, 0.1) is 6.54 Å². The van der Waals surface area contributed by atoms with Crippen molar-refractivity contribution in [3.8, 4) is 0 Å². The summed E-state index contributed by atoms with van der Waals surface area (Å²) < 4.78 is 19.1. The Balaban J connectivity index is 2.50. The Hall–Kier alpha value is -1.42. The van der Waals surface area contributed by atoms with Gasteiger partial charge in [-0.25, -0.2) is 4.39 Å². The lowest BCUT2D eigenvalue weighted by Crippen LogP contribution is -2.31. The number of benzene rings is 1. The quantitative estimate of drug-likeness (QED) is 0.852. The monoisotopic (exact) mass is 267 g/mol. The van der Waals surface area contributed by atoms with E-state index in [1.807, 2.05) is 33.8 Å². The van der Waals surface area contributed by atoms with E-state index in [9.17, 15) is 9.18 Å². The SMILES string of the molecule is Cc1ccc(CNCC(=O)OC(C)(C)C)c(F)c1C. The van der Waals surface area contributed by atoms with Crippen molar-refractivity contribution in [2.75, 3.05) is 6.54 Å². The summed E-state index contributed by atoms with van der Waals surface area (Å²) in [6, 6.07) is 3.61. The molecule has 4 heteroatoms. The Labute approximate surface area is 114 Å². The molecule has 0 radical (unpaired) electrons. The minimum absolute atomic E-state index is 0.0730. The van der Waals surface area contributed by atoms with Crippen LogP contribution >= 0.6 is 0 Å². The first-order valence-electron chi connectivity index (χ1n) is 6.38. The highest BCUT2D eigenvalue weighted by Crippen LogP contribution is 2.16. The number of carbonyl (C=O) groups excluding carboxylic acids is 1. The third-order valence-corrected chi connectivity index (χ3v) is 2.74. The molecule has 0 spiro atoms. The van der Waals surface area contributed by atoms with Gasteiger partial charge in [0.2, 0.25) is 0 Å². The summed E-state index contributed by atoms with van der Waals surface area (Å²) in [6.07, 6.45) is 0. The molecular weight excluding hydrogens is 245 g/mol. The van der Waals surface area contributed by atoms with E-state index in [1.165, 1.54) is 0 Å². The molecule has 1 rings (SSSR count). The highest BCUT2D eigenvalue weighted by molar-refractivity contribution is 5.72. The first-order chi connectivity index (χ1) is 8.70. The van der Waals surface area contributed by atoms with Gasteiger partial charge in [0.1, 0.15) is 11.4 Å². The van der Waals surface area contributed by atoms with E-state index in [0.29, 0.717) is 17.7 Å². The zero-order valence-corrected chi connectivity index (χ0v) is 12.3. The van der Waals surface area contributed by atoms with Crippen molar-refractivity contribution in [3.63, 3.8) is 0 Å².